The number of fused-ring (bicyclic) bond motifs is 4. The minimum atomic E-state index is -0.905. The molecule has 3 aliphatic rings. The van der Waals surface area contributed by atoms with Crippen LogP contribution >= 0.6 is 0 Å². The normalized spacial score (nSPS) is 21.3. The Morgan fingerprint density at radius 2 is 1.88 bits per heavy atom. The van der Waals surface area contributed by atoms with Crippen molar-refractivity contribution < 1.29 is 23.4 Å². The summed E-state index contributed by atoms with van der Waals surface area (Å²) in [6.45, 7) is 0.765. The van der Waals surface area contributed by atoms with E-state index in [9.17, 15) is 19.1 Å². The SMILES string of the molecule is O=C1c2c(O)c(=O)ccn2N([C@@H]2c3ccccc3[Se]Cc3c2ccc(F)c3F)[C@@H]2COCCN12. The molecule has 1 aromatic heterocycles. The van der Waals surface area contributed by atoms with Gasteiger partial charge in [0.1, 0.15) is 0 Å². The molecule has 4 heterocycles. The summed E-state index contributed by atoms with van der Waals surface area (Å²) < 4.78 is 37.6. The van der Waals surface area contributed by atoms with Gasteiger partial charge in [0.2, 0.25) is 0 Å². The van der Waals surface area contributed by atoms with Crippen LogP contribution in [0.5, 0.6) is 5.75 Å². The van der Waals surface area contributed by atoms with E-state index >= 15 is 4.39 Å². The fourth-order valence-corrected chi connectivity index (χ4v) is 7.32. The fraction of sp³-hybridized carbons (Fsp3) is 0.250. The van der Waals surface area contributed by atoms with Gasteiger partial charge in [-0.2, -0.15) is 0 Å². The average Bonchev–Trinajstić information content (AvgIpc) is 3.01. The molecule has 3 aromatic rings. The van der Waals surface area contributed by atoms with Gasteiger partial charge in [-0.25, -0.2) is 0 Å². The fourth-order valence-electron chi connectivity index (χ4n) is 4.98. The van der Waals surface area contributed by atoms with Crippen LogP contribution in [0.2, 0.25) is 0 Å². The summed E-state index contributed by atoms with van der Waals surface area (Å²) in [7, 11) is 0. The van der Waals surface area contributed by atoms with Gasteiger partial charge in [-0.05, 0) is 0 Å². The van der Waals surface area contributed by atoms with Gasteiger partial charge in [-0.15, -0.1) is 0 Å². The number of pyridine rings is 1. The van der Waals surface area contributed by atoms with Crippen LogP contribution in [0.15, 0.2) is 53.5 Å². The second kappa shape index (κ2) is 7.94. The molecule has 34 heavy (non-hydrogen) atoms. The molecule has 6 rings (SSSR count). The first-order valence-corrected chi connectivity index (χ1v) is 12.8. The number of rotatable bonds is 1. The van der Waals surface area contributed by atoms with E-state index in [0.717, 1.165) is 16.1 Å². The Morgan fingerprint density at radius 1 is 1.06 bits per heavy atom. The summed E-state index contributed by atoms with van der Waals surface area (Å²) in [4.78, 5) is 27.1. The molecule has 0 spiro atoms. The van der Waals surface area contributed by atoms with Gasteiger partial charge in [-0.3, -0.25) is 0 Å². The molecule has 2 atom stereocenters. The molecule has 1 amide bonds. The van der Waals surface area contributed by atoms with Crippen LogP contribution < -0.4 is 14.9 Å². The molecule has 174 valence electrons. The van der Waals surface area contributed by atoms with Crippen molar-refractivity contribution in [2.24, 2.45) is 0 Å². The van der Waals surface area contributed by atoms with Gasteiger partial charge in [0, 0.05) is 0 Å². The van der Waals surface area contributed by atoms with Crippen molar-refractivity contribution in [2.45, 2.75) is 17.5 Å². The van der Waals surface area contributed by atoms with E-state index in [4.69, 9.17) is 4.74 Å². The van der Waals surface area contributed by atoms with Crippen molar-refractivity contribution in [3.63, 3.8) is 0 Å². The number of aromatic nitrogens is 1. The number of halogens is 2. The second-order valence-electron chi connectivity index (χ2n) is 8.31. The molecule has 2 aromatic carbocycles. The molecule has 7 nitrogen and oxygen atoms in total. The Labute approximate surface area is 199 Å². The number of amides is 1. The standard InChI is InChI=1S/C24H19F2N3O4Se/c25-16-6-5-13-15(20(16)26)12-34-18-4-2-1-3-14(18)21(13)29-19-11-33-10-9-27(19)24(32)22-23(31)17(30)7-8-28(22)29/h1-8,19,21,31H,9-12H2/t19-,21+/m1/s1. The molecular weight excluding hydrogens is 511 g/mol. The first kappa shape index (κ1) is 21.3. The number of hydrogen-bond donors (Lipinski definition) is 1. The Morgan fingerprint density at radius 3 is 2.74 bits per heavy atom. The Balaban J connectivity index is 1.67. The molecule has 3 aliphatic heterocycles. The van der Waals surface area contributed by atoms with Crippen LogP contribution in [-0.2, 0) is 10.1 Å². The van der Waals surface area contributed by atoms with E-state index in [1.54, 1.807) is 11.0 Å². The van der Waals surface area contributed by atoms with Gasteiger partial charge in [-0.1, -0.05) is 0 Å². The van der Waals surface area contributed by atoms with E-state index in [2.05, 4.69) is 0 Å². The van der Waals surface area contributed by atoms with Gasteiger partial charge in [0.25, 0.3) is 0 Å². The molecule has 1 saturated heterocycles. The molecule has 0 bridgehead atoms. The first-order chi connectivity index (χ1) is 16.5. The van der Waals surface area contributed by atoms with E-state index in [1.807, 2.05) is 29.3 Å². The van der Waals surface area contributed by atoms with Gasteiger partial charge in [0.05, 0.1) is 0 Å². The summed E-state index contributed by atoms with van der Waals surface area (Å²) in [5.74, 6) is -2.89. The Kier molecular flexibility index (Phi) is 4.98. The van der Waals surface area contributed by atoms with Crippen molar-refractivity contribution in [1.29, 1.82) is 0 Å². The summed E-state index contributed by atoms with van der Waals surface area (Å²) in [6.07, 6.45) is 0.861. The Bertz CT molecular complexity index is 1400. The zero-order chi connectivity index (χ0) is 23.6. The molecule has 1 N–H and O–H groups in total. The number of aromatic hydroxyl groups is 1. The third-order valence-corrected chi connectivity index (χ3v) is 8.89. The number of benzene rings is 2. The van der Waals surface area contributed by atoms with Crippen molar-refractivity contribution in [3.8, 4) is 5.75 Å². The summed E-state index contributed by atoms with van der Waals surface area (Å²) in [6, 6.07) is 11.0. The third kappa shape index (κ3) is 3.02. The predicted molar refractivity (Wildman–Crippen MR) is 120 cm³/mol. The number of carbonyl (C=O) groups excluding carboxylic acids is 1. The number of hydrogen-bond acceptors (Lipinski definition) is 5. The Hall–Kier alpha value is -3.20. The topological polar surface area (TPSA) is 75.0 Å². The quantitative estimate of drug-likeness (QED) is 0.479. The maximum absolute atomic E-state index is 15.1. The van der Waals surface area contributed by atoms with Crippen LogP contribution in [0.3, 0.4) is 0 Å². The van der Waals surface area contributed by atoms with Crippen LogP contribution in [-0.4, -0.2) is 61.5 Å². The van der Waals surface area contributed by atoms with Crippen LogP contribution in [0.25, 0.3) is 0 Å². The molecule has 0 saturated carbocycles. The van der Waals surface area contributed by atoms with Crippen LogP contribution in [0.1, 0.15) is 33.2 Å². The van der Waals surface area contributed by atoms with Gasteiger partial charge < -0.3 is 0 Å². The molecule has 1 fully saturated rings. The first-order valence-electron chi connectivity index (χ1n) is 10.8. The average molecular weight is 530 g/mol. The number of morpholine rings is 1. The van der Waals surface area contributed by atoms with E-state index in [1.165, 1.54) is 16.9 Å². The number of carbonyl (C=O) groups is 1. The van der Waals surface area contributed by atoms with Crippen molar-refractivity contribution in [1.82, 2.24) is 9.58 Å². The molecule has 0 radical (unpaired) electrons. The van der Waals surface area contributed by atoms with Crippen LogP contribution in [0.4, 0.5) is 8.78 Å². The predicted octanol–water partition coefficient (Wildman–Crippen LogP) is 1.21. The van der Waals surface area contributed by atoms with E-state index < -0.39 is 40.9 Å². The molecular formula is C24H19F2N3O4Se. The monoisotopic (exact) mass is 531 g/mol. The second-order valence-corrected chi connectivity index (χ2v) is 10.4. The molecule has 10 heteroatoms. The molecule has 0 aliphatic carbocycles. The number of nitrogens with zero attached hydrogens (tertiary/aromatic N) is 3. The maximum atomic E-state index is 15.1. The van der Waals surface area contributed by atoms with Gasteiger partial charge >= 0.3 is 199 Å². The molecule has 0 unspecified atom stereocenters. The van der Waals surface area contributed by atoms with Crippen molar-refractivity contribution in [2.75, 3.05) is 24.8 Å². The van der Waals surface area contributed by atoms with Crippen molar-refractivity contribution >= 4 is 25.3 Å². The minimum absolute atomic E-state index is 0.151. The zero-order valence-electron chi connectivity index (χ0n) is 17.8. The number of ether oxygens (including phenoxy) is 1. The van der Waals surface area contributed by atoms with Crippen LogP contribution in [0, 0.1) is 11.6 Å². The van der Waals surface area contributed by atoms with Gasteiger partial charge in [0.15, 0.2) is 0 Å². The zero-order valence-corrected chi connectivity index (χ0v) is 19.5. The van der Waals surface area contributed by atoms with Crippen molar-refractivity contribution in [3.05, 3.63) is 92.9 Å². The third-order valence-electron chi connectivity index (χ3n) is 6.55. The van der Waals surface area contributed by atoms with E-state index in [-0.39, 0.29) is 33.8 Å². The summed E-state index contributed by atoms with van der Waals surface area (Å²) >= 11 is -0.155. The van der Waals surface area contributed by atoms with E-state index in [0.29, 0.717) is 23.1 Å². The summed E-state index contributed by atoms with van der Waals surface area (Å²) in [5.41, 5.74) is 0.964. The summed E-state index contributed by atoms with van der Waals surface area (Å²) in [5, 5.41) is 12.8.